The first-order valence-electron chi connectivity index (χ1n) is 6.60. The van der Waals surface area contributed by atoms with Gasteiger partial charge in [0.2, 0.25) is 5.88 Å². The molecule has 4 nitrogen and oxygen atoms in total. The molecule has 0 bridgehead atoms. The van der Waals surface area contributed by atoms with Gasteiger partial charge in [0.25, 0.3) is 0 Å². The molecule has 1 aromatic carbocycles. The molecule has 1 aromatic heterocycles. The third-order valence-corrected chi connectivity index (χ3v) is 2.75. The van der Waals surface area contributed by atoms with Gasteiger partial charge in [-0.3, -0.25) is 4.98 Å². The molecule has 1 heterocycles. The molecule has 0 saturated heterocycles. The number of aryl methyl sites for hydroxylation is 1. The van der Waals surface area contributed by atoms with Crippen LogP contribution < -0.4 is 10.1 Å². The average Bonchev–Trinajstić information content (AvgIpc) is 2.46. The van der Waals surface area contributed by atoms with Crippen LogP contribution in [0.25, 0.3) is 0 Å². The smallest absolute Gasteiger partial charge is 0.238 e. The van der Waals surface area contributed by atoms with E-state index >= 15 is 0 Å². The molecule has 0 amide bonds. The van der Waals surface area contributed by atoms with E-state index in [1.54, 1.807) is 12.4 Å². The Labute approximate surface area is 113 Å². The Morgan fingerprint density at radius 2 is 2.11 bits per heavy atom. The Bertz CT molecular complexity index is 528. The number of benzene rings is 1. The molecule has 100 valence electrons. The number of aromatic nitrogens is 2. The summed E-state index contributed by atoms with van der Waals surface area (Å²) in [6.07, 6.45) is 4.37. The molecule has 2 rings (SSSR count). The van der Waals surface area contributed by atoms with Crippen LogP contribution in [-0.4, -0.2) is 16.5 Å². The maximum Gasteiger partial charge on any atom is 0.238 e. The number of ether oxygens (including phenoxy) is 1. The van der Waals surface area contributed by atoms with Crippen LogP contribution in [-0.2, 0) is 13.0 Å². The minimum atomic E-state index is 0.531. The molecular formula is C15H19N3O. The van der Waals surface area contributed by atoms with Gasteiger partial charge < -0.3 is 10.1 Å². The second kappa shape index (κ2) is 6.85. The zero-order valence-corrected chi connectivity index (χ0v) is 11.4. The lowest BCUT2D eigenvalue weighted by molar-refractivity contribution is 0.456. The fourth-order valence-corrected chi connectivity index (χ4v) is 1.72. The predicted molar refractivity (Wildman–Crippen MR) is 75.3 cm³/mol. The first-order chi connectivity index (χ1) is 9.31. The molecule has 0 aliphatic heterocycles. The van der Waals surface area contributed by atoms with E-state index < -0.39 is 0 Å². The first kappa shape index (κ1) is 13.5. The van der Waals surface area contributed by atoms with E-state index in [-0.39, 0.29) is 0 Å². The van der Waals surface area contributed by atoms with E-state index in [9.17, 15) is 0 Å². The van der Waals surface area contributed by atoms with Gasteiger partial charge in [0.05, 0.1) is 11.9 Å². The molecular weight excluding hydrogens is 238 g/mol. The van der Waals surface area contributed by atoms with Crippen molar-refractivity contribution in [3.8, 4) is 11.6 Å². The van der Waals surface area contributed by atoms with Gasteiger partial charge in [-0.05, 0) is 30.7 Å². The Morgan fingerprint density at radius 1 is 1.21 bits per heavy atom. The third kappa shape index (κ3) is 4.03. The number of rotatable bonds is 6. The molecule has 0 saturated carbocycles. The van der Waals surface area contributed by atoms with E-state index in [1.165, 1.54) is 5.56 Å². The lowest BCUT2D eigenvalue weighted by atomic mass is 10.2. The van der Waals surface area contributed by atoms with Crippen LogP contribution in [0, 0.1) is 0 Å². The van der Waals surface area contributed by atoms with Gasteiger partial charge in [-0.2, -0.15) is 0 Å². The summed E-state index contributed by atoms with van der Waals surface area (Å²) >= 11 is 0. The number of nitrogens with zero attached hydrogens (tertiary/aromatic N) is 2. The molecule has 0 aliphatic rings. The molecule has 0 unspecified atom stereocenters. The second-order valence-corrected chi connectivity index (χ2v) is 4.23. The Morgan fingerprint density at radius 3 is 2.89 bits per heavy atom. The van der Waals surface area contributed by atoms with Crippen molar-refractivity contribution in [1.82, 2.24) is 15.3 Å². The van der Waals surface area contributed by atoms with Gasteiger partial charge in [-0.15, -0.1) is 0 Å². The lowest BCUT2D eigenvalue weighted by Gasteiger charge is -2.07. The van der Waals surface area contributed by atoms with E-state index in [1.807, 2.05) is 18.2 Å². The highest BCUT2D eigenvalue weighted by Gasteiger charge is 2.02. The SMILES string of the molecule is CCNCc1cncc(Oc2cccc(CC)c2)n1. The van der Waals surface area contributed by atoms with E-state index in [4.69, 9.17) is 4.74 Å². The summed E-state index contributed by atoms with van der Waals surface area (Å²) in [7, 11) is 0. The van der Waals surface area contributed by atoms with Gasteiger partial charge in [0, 0.05) is 12.7 Å². The van der Waals surface area contributed by atoms with Crippen molar-refractivity contribution >= 4 is 0 Å². The van der Waals surface area contributed by atoms with Crippen LogP contribution >= 0.6 is 0 Å². The van der Waals surface area contributed by atoms with Crippen molar-refractivity contribution in [2.24, 2.45) is 0 Å². The van der Waals surface area contributed by atoms with Gasteiger partial charge in [0.15, 0.2) is 0 Å². The largest absolute Gasteiger partial charge is 0.437 e. The van der Waals surface area contributed by atoms with E-state index in [0.29, 0.717) is 12.4 Å². The van der Waals surface area contributed by atoms with Crippen LogP contribution in [0.4, 0.5) is 0 Å². The summed E-state index contributed by atoms with van der Waals surface area (Å²) < 4.78 is 5.74. The quantitative estimate of drug-likeness (QED) is 0.864. The van der Waals surface area contributed by atoms with Gasteiger partial charge in [-0.1, -0.05) is 26.0 Å². The lowest BCUT2D eigenvalue weighted by Crippen LogP contribution is -2.13. The van der Waals surface area contributed by atoms with Crippen LogP contribution in [0.5, 0.6) is 11.6 Å². The summed E-state index contributed by atoms with van der Waals surface area (Å²) in [6.45, 7) is 5.79. The van der Waals surface area contributed by atoms with Crippen LogP contribution in [0.3, 0.4) is 0 Å². The second-order valence-electron chi connectivity index (χ2n) is 4.23. The minimum Gasteiger partial charge on any atom is -0.437 e. The van der Waals surface area contributed by atoms with Crippen molar-refractivity contribution in [3.63, 3.8) is 0 Å². The summed E-state index contributed by atoms with van der Waals surface area (Å²) in [5.41, 5.74) is 2.13. The van der Waals surface area contributed by atoms with Crippen molar-refractivity contribution < 1.29 is 4.74 Å². The van der Waals surface area contributed by atoms with Crippen LogP contribution in [0.15, 0.2) is 36.7 Å². The molecule has 1 N–H and O–H groups in total. The predicted octanol–water partition coefficient (Wildman–Crippen LogP) is 2.94. The molecule has 19 heavy (non-hydrogen) atoms. The topological polar surface area (TPSA) is 47.0 Å². The molecule has 0 spiro atoms. The highest BCUT2D eigenvalue weighted by molar-refractivity contribution is 5.31. The monoisotopic (exact) mass is 257 g/mol. The summed E-state index contributed by atoms with van der Waals surface area (Å²) in [4.78, 5) is 8.56. The fraction of sp³-hybridized carbons (Fsp3) is 0.333. The Balaban J connectivity index is 2.09. The van der Waals surface area contributed by atoms with Gasteiger partial charge >= 0.3 is 0 Å². The molecule has 0 atom stereocenters. The van der Waals surface area contributed by atoms with Crippen molar-refractivity contribution in [2.75, 3.05) is 6.54 Å². The fourth-order valence-electron chi connectivity index (χ4n) is 1.72. The summed E-state index contributed by atoms with van der Waals surface area (Å²) in [6, 6.07) is 8.03. The maximum absolute atomic E-state index is 5.74. The minimum absolute atomic E-state index is 0.531. The number of hydrogen-bond acceptors (Lipinski definition) is 4. The summed E-state index contributed by atoms with van der Waals surface area (Å²) in [5.74, 6) is 1.33. The Hall–Kier alpha value is -1.94. The standard InChI is InChI=1S/C15H19N3O/c1-3-12-6-5-7-14(8-12)19-15-11-17-10-13(18-15)9-16-4-2/h5-8,10-11,16H,3-4,9H2,1-2H3. The highest BCUT2D eigenvalue weighted by Crippen LogP contribution is 2.20. The van der Waals surface area contributed by atoms with Crippen molar-refractivity contribution in [3.05, 3.63) is 47.9 Å². The van der Waals surface area contributed by atoms with Crippen LogP contribution in [0.1, 0.15) is 25.1 Å². The highest BCUT2D eigenvalue weighted by atomic mass is 16.5. The van der Waals surface area contributed by atoms with E-state index in [0.717, 1.165) is 24.4 Å². The van der Waals surface area contributed by atoms with Crippen molar-refractivity contribution in [1.29, 1.82) is 0 Å². The number of nitrogens with one attached hydrogen (secondary N) is 1. The van der Waals surface area contributed by atoms with Crippen molar-refractivity contribution in [2.45, 2.75) is 26.8 Å². The van der Waals surface area contributed by atoms with Gasteiger partial charge in [-0.25, -0.2) is 4.98 Å². The first-order valence-corrected chi connectivity index (χ1v) is 6.60. The maximum atomic E-state index is 5.74. The molecule has 0 aliphatic carbocycles. The van der Waals surface area contributed by atoms with Crippen LogP contribution in [0.2, 0.25) is 0 Å². The molecule has 0 fully saturated rings. The zero-order valence-electron chi connectivity index (χ0n) is 11.4. The molecule has 2 aromatic rings. The van der Waals surface area contributed by atoms with E-state index in [2.05, 4.69) is 35.2 Å². The zero-order chi connectivity index (χ0) is 13.5. The van der Waals surface area contributed by atoms with Gasteiger partial charge in [0.1, 0.15) is 5.75 Å². The Kier molecular flexibility index (Phi) is 4.86. The summed E-state index contributed by atoms with van der Waals surface area (Å²) in [5, 5.41) is 3.22. The normalized spacial score (nSPS) is 10.4. The number of hydrogen-bond donors (Lipinski definition) is 1. The molecule has 0 radical (unpaired) electrons. The molecule has 4 heteroatoms. The average molecular weight is 257 g/mol. The third-order valence-electron chi connectivity index (χ3n) is 2.75.